The van der Waals surface area contributed by atoms with Gasteiger partial charge < -0.3 is 9.47 Å². The highest BCUT2D eigenvalue weighted by Gasteiger charge is 2.36. The normalized spacial score (nSPS) is 29.4. The highest BCUT2D eigenvalue weighted by molar-refractivity contribution is 5.62. The molecule has 0 aromatic rings. The van der Waals surface area contributed by atoms with Crippen molar-refractivity contribution in [1.82, 2.24) is 0 Å². The Morgan fingerprint density at radius 3 is 3.00 bits per heavy atom. The van der Waals surface area contributed by atoms with Gasteiger partial charge in [-0.15, -0.1) is 6.58 Å². The number of allylic oxidation sites excluding steroid dienone is 1. The van der Waals surface area contributed by atoms with Gasteiger partial charge in [-0.1, -0.05) is 6.08 Å². The molecule has 0 saturated carbocycles. The molecule has 0 N–H and O–H groups in total. The lowest BCUT2D eigenvalue weighted by atomic mass is 10.0. The quantitative estimate of drug-likeness (QED) is 0.462. The van der Waals surface area contributed by atoms with Crippen LogP contribution >= 0.6 is 0 Å². The number of hydrogen-bond donors (Lipinski definition) is 0. The molecular weight excluding hydrogens is 144 g/mol. The number of carbonyl (C=O) groups is 1. The Morgan fingerprint density at radius 2 is 2.55 bits per heavy atom. The molecule has 0 aromatic heterocycles. The molecule has 0 aliphatic carbocycles. The average molecular weight is 156 g/mol. The molecule has 0 spiro atoms. The maximum Gasteiger partial charge on any atom is 0.509 e. The predicted octanol–water partition coefficient (Wildman–Crippen LogP) is 1.88. The molecule has 1 heterocycles. The molecule has 1 saturated heterocycles. The maximum absolute atomic E-state index is 10.6. The fraction of sp³-hybridized carbons (Fsp3) is 0.625. The first-order valence-corrected chi connectivity index (χ1v) is 3.63. The first-order valence-electron chi connectivity index (χ1n) is 3.63. The molecule has 0 unspecified atom stereocenters. The average Bonchev–Trinajstić information content (AvgIpc) is 2.28. The fourth-order valence-electron chi connectivity index (χ4n) is 1.00. The first kappa shape index (κ1) is 8.11. The second-order valence-corrected chi connectivity index (χ2v) is 2.92. The van der Waals surface area contributed by atoms with E-state index in [2.05, 4.69) is 11.3 Å². The summed E-state index contributed by atoms with van der Waals surface area (Å²) in [6.07, 6.45) is 2.86. The molecule has 0 radical (unpaired) electrons. The molecule has 0 bridgehead atoms. The van der Waals surface area contributed by atoms with Crippen molar-refractivity contribution in [2.24, 2.45) is 0 Å². The molecule has 11 heavy (non-hydrogen) atoms. The van der Waals surface area contributed by atoms with Gasteiger partial charge in [-0.25, -0.2) is 4.79 Å². The van der Waals surface area contributed by atoms with Crippen LogP contribution in [0.5, 0.6) is 0 Å². The monoisotopic (exact) mass is 156 g/mol. The summed E-state index contributed by atoms with van der Waals surface area (Å²) in [4.78, 5) is 10.6. The first-order chi connectivity index (χ1) is 5.16. The van der Waals surface area contributed by atoms with Crippen LogP contribution in [-0.4, -0.2) is 18.4 Å². The van der Waals surface area contributed by atoms with Gasteiger partial charge in [0.25, 0.3) is 0 Å². The van der Waals surface area contributed by atoms with Crippen LogP contribution in [0, 0.1) is 0 Å². The molecule has 0 aromatic carbocycles. The fourth-order valence-corrected chi connectivity index (χ4v) is 1.00. The minimum Gasteiger partial charge on any atom is -0.430 e. The number of ether oxygens (including phenoxy) is 2. The summed E-state index contributed by atoms with van der Waals surface area (Å²) >= 11 is 0. The molecule has 1 aliphatic rings. The number of carbonyl (C=O) groups excluding carboxylic acids is 1. The van der Waals surface area contributed by atoms with Gasteiger partial charge in [0.1, 0.15) is 12.2 Å². The van der Waals surface area contributed by atoms with Crippen molar-refractivity contribution in [1.29, 1.82) is 0 Å². The highest BCUT2D eigenvalue weighted by Crippen LogP contribution is 2.24. The Morgan fingerprint density at radius 1 is 1.82 bits per heavy atom. The second kappa shape index (κ2) is 2.95. The topological polar surface area (TPSA) is 35.5 Å². The summed E-state index contributed by atoms with van der Waals surface area (Å²) in [6.45, 7) is 5.81. The van der Waals surface area contributed by atoms with Crippen molar-refractivity contribution in [2.45, 2.75) is 25.4 Å². The van der Waals surface area contributed by atoms with E-state index in [9.17, 15) is 4.79 Å². The third kappa shape index (κ3) is 1.97. The van der Waals surface area contributed by atoms with Gasteiger partial charge in [-0.3, -0.25) is 0 Å². The van der Waals surface area contributed by atoms with Crippen LogP contribution in [-0.2, 0) is 9.47 Å². The van der Waals surface area contributed by atoms with E-state index in [-0.39, 0.29) is 0 Å². The van der Waals surface area contributed by atoms with Gasteiger partial charge in [0.15, 0.2) is 0 Å². The van der Waals surface area contributed by atoms with Crippen molar-refractivity contribution in [3.63, 3.8) is 0 Å². The van der Waals surface area contributed by atoms with E-state index in [1.54, 1.807) is 6.08 Å². The molecule has 1 atom stereocenters. The van der Waals surface area contributed by atoms with Crippen molar-refractivity contribution in [3.8, 4) is 0 Å². The van der Waals surface area contributed by atoms with Crippen LogP contribution in [0.15, 0.2) is 12.7 Å². The predicted molar refractivity (Wildman–Crippen MR) is 40.3 cm³/mol. The van der Waals surface area contributed by atoms with Crippen LogP contribution in [0.4, 0.5) is 4.79 Å². The number of cyclic esters (lactones) is 2. The lowest BCUT2D eigenvalue weighted by Crippen LogP contribution is -2.26. The molecule has 1 rings (SSSR count). The molecular formula is C8H12O3. The second-order valence-electron chi connectivity index (χ2n) is 2.92. The zero-order valence-electron chi connectivity index (χ0n) is 6.63. The van der Waals surface area contributed by atoms with Crippen LogP contribution in [0.2, 0.25) is 0 Å². The molecule has 1 fully saturated rings. The van der Waals surface area contributed by atoms with Gasteiger partial charge in [-0.05, 0) is 19.8 Å². The van der Waals surface area contributed by atoms with Crippen LogP contribution in [0.3, 0.4) is 0 Å². The van der Waals surface area contributed by atoms with Gasteiger partial charge in [-0.2, -0.15) is 0 Å². The van der Waals surface area contributed by atoms with E-state index in [1.165, 1.54) is 0 Å². The number of rotatable bonds is 3. The lowest BCUT2D eigenvalue weighted by Gasteiger charge is -2.17. The summed E-state index contributed by atoms with van der Waals surface area (Å²) in [7, 11) is 0. The van der Waals surface area contributed by atoms with E-state index < -0.39 is 11.8 Å². The van der Waals surface area contributed by atoms with E-state index in [0.29, 0.717) is 6.61 Å². The minimum absolute atomic E-state index is 0.361. The zero-order valence-corrected chi connectivity index (χ0v) is 6.63. The zero-order chi connectivity index (χ0) is 8.32. The van der Waals surface area contributed by atoms with Gasteiger partial charge >= 0.3 is 6.16 Å². The van der Waals surface area contributed by atoms with Crippen molar-refractivity contribution >= 4 is 6.16 Å². The van der Waals surface area contributed by atoms with Crippen LogP contribution in [0.25, 0.3) is 0 Å². The smallest absolute Gasteiger partial charge is 0.430 e. The summed E-state index contributed by atoms with van der Waals surface area (Å²) in [5.74, 6) is 0. The Hall–Kier alpha value is -0.990. The molecule has 1 aliphatic heterocycles. The van der Waals surface area contributed by atoms with E-state index in [4.69, 9.17) is 4.74 Å². The van der Waals surface area contributed by atoms with Gasteiger partial charge in [0.2, 0.25) is 0 Å². The van der Waals surface area contributed by atoms with Gasteiger partial charge in [0.05, 0.1) is 0 Å². The van der Waals surface area contributed by atoms with Crippen LogP contribution in [0.1, 0.15) is 19.8 Å². The van der Waals surface area contributed by atoms with E-state index in [1.807, 2.05) is 6.92 Å². The lowest BCUT2D eigenvalue weighted by molar-refractivity contribution is 0.0653. The van der Waals surface area contributed by atoms with Crippen LogP contribution < -0.4 is 0 Å². The maximum atomic E-state index is 10.6. The van der Waals surface area contributed by atoms with E-state index in [0.717, 1.165) is 12.8 Å². The minimum atomic E-state index is -0.559. The third-order valence-electron chi connectivity index (χ3n) is 1.70. The molecule has 3 nitrogen and oxygen atoms in total. The summed E-state index contributed by atoms with van der Waals surface area (Å²) in [5.41, 5.74) is -0.425. The van der Waals surface area contributed by atoms with Crippen molar-refractivity contribution in [2.75, 3.05) is 6.61 Å². The third-order valence-corrected chi connectivity index (χ3v) is 1.70. The SMILES string of the molecule is C=CCC[C@@]1(C)COC(=O)O1. The Labute approximate surface area is 66.0 Å². The van der Waals surface area contributed by atoms with Crippen molar-refractivity contribution in [3.05, 3.63) is 12.7 Å². The van der Waals surface area contributed by atoms with E-state index >= 15 is 0 Å². The summed E-state index contributed by atoms with van der Waals surface area (Å²) < 4.78 is 9.61. The van der Waals surface area contributed by atoms with Gasteiger partial charge in [0, 0.05) is 0 Å². The largest absolute Gasteiger partial charge is 0.509 e. The molecule has 0 amide bonds. The van der Waals surface area contributed by atoms with Crippen molar-refractivity contribution < 1.29 is 14.3 Å². The summed E-state index contributed by atoms with van der Waals surface area (Å²) in [5, 5.41) is 0. The summed E-state index contributed by atoms with van der Waals surface area (Å²) in [6, 6.07) is 0. The molecule has 62 valence electrons. The Balaban J connectivity index is 2.41. The molecule has 3 heteroatoms. The Kier molecular flexibility index (Phi) is 2.17. The highest BCUT2D eigenvalue weighted by atomic mass is 16.8. The standard InChI is InChI=1S/C8H12O3/c1-3-4-5-8(2)6-10-7(9)11-8/h3H,1,4-6H2,2H3/t8-/m0/s1. The number of hydrogen-bond acceptors (Lipinski definition) is 3. The Bertz CT molecular complexity index is 176.